The lowest BCUT2D eigenvalue weighted by atomic mass is 9.91. The van der Waals surface area contributed by atoms with Crippen molar-refractivity contribution in [3.8, 4) is 0 Å². The van der Waals surface area contributed by atoms with Crippen molar-refractivity contribution in [2.75, 3.05) is 13.1 Å². The van der Waals surface area contributed by atoms with Crippen LogP contribution < -0.4 is 11.3 Å². The molecule has 1 unspecified atom stereocenters. The third-order valence-electron chi connectivity index (χ3n) is 4.50. The fourth-order valence-corrected chi connectivity index (χ4v) is 3.16. The third kappa shape index (κ3) is 3.02. The van der Waals surface area contributed by atoms with Crippen LogP contribution in [-0.4, -0.2) is 38.3 Å². The van der Waals surface area contributed by atoms with E-state index in [1.807, 2.05) is 4.68 Å². The van der Waals surface area contributed by atoms with Gasteiger partial charge in [0.25, 0.3) is 0 Å². The van der Waals surface area contributed by atoms with Crippen LogP contribution in [0.2, 0.25) is 0 Å². The fourth-order valence-electron chi connectivity index (χ4n) is 3.16. The van der Waals surface area contributed by atoms with E-state index < -0.39 is 0 Å². The molecule has 1 saturated heterocycles. The fraction of sp³-hybridized carbons (Fsp3) is 0.857. The van der Waals surface area contributed by atoms with E-state index in [9.17, 15) is 0 Å². The van der Waals surface area contributed by atoms with Crippen molar-refractivity contribution >= 4 is 0 Å². The van der Waals surface area contributed by atoms with Crippen LogP contribution in [-0.2, 0) is 6.54 Å². The summed E-state index contributed by atoms with van der Waals surface area (Å²) in [5.74, 6) is 6.78. The highest BCUT2D eigenvalue weighted by molar-refractivity contribution is 5.05. The lowest BCUT2D eigenvalue weighted by Crippen LogP contribution is -2.55. The lowest BCUT2D eigenvalue weighted by molar-refractivity contribution is 0.0782. The monoisotopic (exact) mass is 280 g/mol. The third-order valence-corrected chi connectivity index (χ3v) is 4.50. The molecular formula is C14H28N6. The molecule has 1 aliphatic heterocycles. The Bertz CT molecular complexity index is 406. The van der Waals surface area contributed by atoms with E-state index in [1.54, 1.807) is 6.33 Å². The van der Waals surface area contributed by atoms with Gasteiger partial charge < -0.3 is 0 Å². The highest BCUT2D eigenvalue weighted by atomic mass is 15.4. The second-order valence-corrected chi connectivity index (χ2v) is 6.09. The van der Waals surface area contributed by atoms with E-state index in [2.05, 4.69) is 41.2 Å². The highest BCUT2D eigenvalue weighted by Gasteiger charge is 2.38. The van der Waals surface area contributed by atoms with Crippen LogP contribution in [0.15, 0.2) is 6.33 Å². The van der Waals surface area contributed by atoms with Crippen molar-refractivity contribution in [1.82, 2.24) is 25.1 Å². The number of aromatic nitrogens is 3. The average molecular weight is 280 g/mol. The van der Waals surface area contributed by atoms with Gasteiger partial charge in [-0.25, -0.2) is 15.1 Å². The molecule has 1 aliphatic rings. The first-order valence-electron chi connectivity index (χ1n) is 7.70. The first-order chi connectivity index (χ1) is 9.61. The molecule has 1 aromatic rings. The van der Waals surface area contributed by atoms with Gasteiger partial charge in [0.05, 0.1) is 6.04 Å². The van der Waals surface area contributed by atoms with Crippen molar-refractivity contribution < 1.29 is 0 Å². The molecule has 0 bridgehead atoms. The number of nitrogens with zero attached hydrogens (tertiary/aromatic N) is 4. The number of aryl methyl sites for hydroxylation is 1. The Kier molecular flexibility index (Phi) is 5.12. The number of hydrogen-bond acceptors (Lipinski definition) is 5. The summed E-state index contributed by atoms with van der Waals surface area (Å²) in [5, 5.41) is 4.27. The van der Waals surface area contributed by atoms with Gasteiger partial charge in [-0.2, -0.15) is 5.10 Å². The summed E-state index contributed by atoms with van der Waals surface area (Å²) < 4.78 is 1.92. The lowest BCUT2D eigenvalue weighted by Gasteiger charge is -2.43. The molecule has 20 heavy (non-hydrogen) atoms. The largest absolute Gasteiger partial charge is 0.296 e. The molecule has 3 N–H and O–H groups in total. The molecule has 0 radical (unpaired) electrons. The van der Waals surface area contributed by atoms with Crippen molar-refractivity contribution in [2.45, 2.75) is 64.6 Å². The molecule has 2 heterocycles. The molecule has 0 amide bonds. The minimum atomic E-state index is -0.0843. The summed E-state index contributed by atoms with van der Waals surface area (Å²) in [4.78, 5) is 6.97. The van der Waals surface area contributed by atoms with Crippen LogP contribution in [0.1, 0.15) is 58.3 Å². The highest BCUT2D eigenvalue weighted by Crippen LogP contribution is 2.31. The topological polar surface area (TPSA) is 72.0 Å². The first kappa shape index (κ1) is 15.4. The summed E-state index contributed by atoms with van der Waals surface area (Å²) in [7, 11) is 0. The summed E-state index contributed by atoms with van der Waals surface area (Å²) in [6.07, 6.45) is 6.81. The van der Waals surface area contributed by atoms with E-state index in [1.165, 1.54) is 25.7 Å². The summed E-state index contributed by atoms with van der Waals surface area (Å²) in [5.41, 5.74) is 2.89. The van der Waals surface area contributed by atoms with Crippen LogP contribution in [0, 0.1) is 0 Å². The van der Waals surface area contributed by atoms with E-state index in [0.29, 0.717) is 0 Å². The Hall–Kier alpha value is -0.980. The second-order valence-electron chi connectivity index (χ2n) is 6.09. The predicted octanol–water partition coefficient (Wildman–Crippen LogP) is 1.46. The van der Waals surface area contributed by atoms with E-state index in [4.69, 9.17) is 5.84 Å². The van der Waals surface area contributed by atoms with Crippen LogP contribution in [0.3, 0.4) is 0 Å². The zero-order valence-corrected chi connectivity index (χ0v) is 13.0. The van der Waals surface area contributed by atoms with Gasteiger partial charge >= 0.3 is 0 Å². The quantitative estimate of drug-likeness (QED) is 0.631. The van der Waals surface area contributed by atoms with Crippen LogP contribution in [0.25, 0.3) is 0 Å². The molecule has 0 aliphatic carbocycles. The molecule has 1 atom stereocenters. The summed E-state index contributed by atoms with van der Waals surface area (Å²) in [6.45, 7) is 9.64. The zero-order chi connectivity index (χ0) is 14.6. The second kappa shape index (κ2) is 6.65. The number of hydrazine groups is 1. The number of hydrogen-bond donors (Lipinski definition) is 2. The smallest absolute Gasteiger partial charge is 0.147 e. The number of likely N-dealkylation sites (tertiary alicyclic amines) is 1. The van der Waals surface area contributed by atoms with Gasteiger partial charge in [0.15, 0.2) is 0 Å². The summed E-state index contributed by atoms with van der Waals surface area (Å²) >= 11 is 0. The summed E-state index contributed by atoms with van der Waals surface area (Å²) in [6, 6.07) is -0.0250. The Morgan fingerprint density at radius 2 is 1.95 bits per heavy atom. The normalized spacial score (nSPS) is 19.8. The Morgan fingerprint density at radius 3 is 2.50 bits per heavy atom. The van der Waals surface area contributed by atoms with Crippen molar-refractivity contribution in [1.29, 1.82) is 0 Å². The van der Waals surface area contributed by atoms with E-state index >= 15 is 0 Å². The van der Waals surface area contributed by atoms with Gasteiger partial charge in [-0.3, -0.25) is 10.7 Å². The minimum Gasteiger partial charge on any atom is -0.296 e. The molecule has 114 valence electrons. The van der Waals surface area contributed by atoms with E-state index in [0.717, 1.165) is 25.5 Å². The SMILES string of the molecule is CCn1ncnc1C(NN)C(C)(C)N1CCCCCC1. The Balaban J connectivity index is 2.24. The number of nitrogens with two attached hydrogens (primary N) is 1. The average Bonchev–Trinajstić information content (AvgIpc) is 2.72. The number of rotatable bonds is 5. The maximum atomic E-state index is 5.86. The first-order valence-corrected chi connectivity index (χ1v) is 7.70. The van der Waals surface area contributed by atoms with Crippen LogP contribution in [0.5, 0.6) is 0 Å². The molecule has 0 aromatic carbocycles. The van der Waals surface area contributed by atoms with Crippen LogP contribution in [0.4, 0.5) is 0 Å². The van der Waals surface area contributed by atoms with Crippen LogP contribution >= 0.6 is 0 Å². The van der Waals surface area contributed by atoms with Gasteiger partial charge in [-0.1, -0.05) is 12.8 Å². The molecule has 1 aromatic heterocycles. The van der Waals surface area contributed by atoms with Gasteiger partial charge in [-0.15, -0.1) is 0 Å². The zero-order valence-electron chi connectivity index (χ0n) is 13.0. The molecule has 1 fully saturated rings. The molecule has 2 rings (SSSR count). The van der Waals surface area contributed by atoms with Crippen molar-refractivity contribution in [3.05, 3.63) is 12.2 Å². The maximum absolute atomic E-state index is 5.86. The van der Waals surface area contributed by atoms with E-state index in [-0.39, 0.29) is 11.6 Å². The maximum Gasteiger partial charge on any atom is 0.147 e. The molecule has 6 nitrogen and oxygen atoms in total. The minimum absolute atomic E-state index is 0.0250. The molecule has 0 saturated carbocycles. The van der Waals surface area contributed by atoms with Crippen molar-refractivity contribution in [2.24, 2.45) is 5.84 Å². The Morgan fingerprint density at radius 1 is 1.30 bits per heavy atom. The van der Waals surface area contributed by atoms with Gasteiger partial charge in [0.2, 0.25) is 0 Å². The Labute approximate surface area is 121 Å². The molecular weight excluding hydrogens is 252 g/mol. The molecule has 0 spiro atoms. The number of nitrogens with one attached hydrogen (secondary N) is 1. The molecule has 6 heteroatoms. The predicted molar refractivity (Wildman–Crippen MR) is 79.9 cm³/mol. The van der Waals surface area contributed by atoms with Gasteiger partial charge in [0, 0.05) is 12.1 Å². The van der Waals surface area contributed by atoms with Gasteiger partial charge in [-0.05, 0) is 46.7 Å². The van der Waals surface area contributed by atoms with Gasteiger partial charge in [0.1, 0.15) is 12.2 Å². The van der Waals surface area contributed by atoms with Crippen molar-refractivity contribution in [3.63, 3.8) is 0 Å². The standard InChI is InChI=1S/C14H28N6/c1-4-20-13(16-11-17-20)12(18-15)14(2,3)19-9-7-5-6-8-10-19/h11-12,18H,4-10,15H2,1-3H3.